The third-order valence-electron chi connectivity index (χ3n) is 6.06. The van der Waals surface area contributed by atoms with E-state index in [0.717, 1.165) is 30.0 Å². The predicted molar refractivity (Wildman–Crippen MR) is 142 cm³/mol. The molecular weight excluding hydrogens is 501 g/mol. The van der Waals surface area contributed by atoms with Crippen LogP contribution in [0.2, 0.25) is 10.0 Å². The van der Waals surface area contributed by atoms with E-state index in [1.165, 1.54) is 11.1 Å². The molecule has 3 aromatic rings. The van der Waals surface area contributed by atoms with E-state index in [4.69, 9.17) is 43.1 Å². The summed E-state index contributed by atoms with van der Waals surface area (Å²) in [4.78, 5) is 6.96. The first-order valence-corrected chi connectivity index (χ1v) is 12.9. The molecule has 36 heavy (non-hydrogen) atoms. The van der Waals surface area contributed by atoms with Crippen molar-refractivity contribution in [2.45, 2.75) is 18.9 Å². The lowest BCUT2D eigenvalue weighted by molar-refractivity contribution is 0.0163. The number of rotatable bonds is 13. The molecule has 0 radical (unpaired) electrons. The summed E-state index contributed by atoms with van der Waals surface area (Å²) >= 11 is 12.9. The quantitative estimate of drug-likeness (QED) is 0.321. The van der Waals surface area contributed by atoms with Crippen LogP contribution in [0.3, 0.4) is 0 Å². The molecule has 194 valence electrons. The van der Waals surface area contributed by atoms with Crippen molar-refractivity contribution >= 4 is 23.2 Å². The Hall–Kier alpha value is -2.04. The van der Waals surface area contributed by atoms with Crippen LogP contribution in [0.4, 0.5) is 0 Å². The molecule has 8 nitrogen and oxygen atoms in total. The topological polar surface area (TPSA) is 98.5 Å². The molecule has 2 heterocycles. The number of nitrogens with zero attached hydrogens (tertiary/aromatic N) is 3. The molecule has 0 spiro atoms. The van der Waals surface area contributed by atoms with Crippen molar-refractivity contribution in [3.63, 3.8) is 0 Å². The van der Waals surface area contributed by atoms with E-state index in [9.17, 15) is 0 Å². The van der Waals surface area contributed by atoms with E-state index in [1.54, 1.807) is 0 Å². The van der Waals surface area contributed by atoms with Crippen LogP contribution in [0, 0.1) is 0 Å². The molecule has 1 atom stereocenters. The highest BCUT2D eigenvalue weighted by atomic mass is 35.5. The van der Waals surface area contributed by atoms with Crippen molar-refractivity contribution in [1.29, 1.82) is 0 Å². The molecule has 2 aromatic carbocycles. The first-order chi connectivity index (χ1) is 17.5. The minimum absolute atomic E-state index is 0.163. The van der Waals surface area contributed by atoms with Gasteiger partial charge >= 0.3 is 0 Å². The molecular formula is C26H33Cl2N5O3. The number of hydrogen-bond acceptors (Lipinski definition) is 7. The molecule has 1 aliphatic heterocycles. The maximum Gasteiger partial charge on any atom is 0.181 e. The molecule has 0 unspecified atom stereocenters. The zero-order valence-corrected chi connectivity index (χ0v) is 22.0. The average Bonchev–Trinajstić information content (AvgIpc) is 3.34. The highest BCUT2D eigenvalue weighted by Gasteiger charge is 2.27. The van der Waals surface area contributed by atoms with Gasteiger partial charge in [0.05, 0.1) is 39.6 Å². The molecule has 4 rings (SSSR count). The fourth-order valence-electron chi connectivity index (χ4n) is 4.36. The van der Waals surface area contributed by atoms with Crippen molar-refractivity contribution < 1.29 is 14.2 Å². The number of nitrogens with two attached hydrogens (primary N) is 1. The molecule has 0 amide bonds. The second kappa shape index (κ2) is 13.5. The van der Waals surface area contributed by atoms with Crippen molar-refractivity contribution in [2.75, 3.05) is 59.8 Å². The maximum atomic E-state index is 6.53. The maximum absolute atomic E-state index is 6.53. The van der Waals surface area contributed by atoms with Crippen LogP contribution < -0.4 is 5.73 Å². The molecule has 0 aliphatic carbocycles. The fourth-order valence-corrected chi connectivity index (χ4v) is 4.92. The number of nitrogens with one attached hydrogen (secondary N) is 1. The van der Waals surface area contributed by atoms with Crippen LogP contribution in [-0.4, -0.2) is 79.9 Å². The normalized spacial score (nSPS) is 15.8. The van der Waals surface area contributed by atoms with Gasteiger partial charge in [0, 0.05) is 47.6 Å². The monoisotopic (exact) mass is 533 g/mol. The van der Waals surface area contributed by atoms with Crippen LogP contribution >= 0.6 is 23.2 Å². The number of hydrogen-bond donors (Lipinski definition) is 2. The first kappa shape index (κ1) is 27.0. The summed E-state index contributed by atoms with van der Waals surface area (Å²) in [6, 6.07) is 12.2. The van der Waals surface area contributed by atoms with E-state index >= 15 is 0 Å². The Labute approximate surface area is 222 Å². The Bertz CT molecular complexity index is 1130. The highest BCUT2D eigenvalue weighted by Crippen LogP contribution is 2.39. The fraction of sp³-hybridized carbons (Fsp3) is 0.462. The van der Waals surface area contributed by atoms with Gasteiger partial charge in [-0.25, -0.2) is 4.98 Å². The van der Waals surface area contributed by atoms with Gasteiger partial charge in [-0.3, -0.25) is 5.10 Å². The van der Waals surface area contributed by atoms with E-state index in [-0.39, 0.29) is 5.92 Å². The van der Waals surface area contributed by atoms with Gasteiger partial charge in [-0.15, -0.1) is 0 Å². The van der Waals surface area contributed by atoms with Crippen LogP contribution in [-0.2, 0) is 27.2 Å². The number of H-pyrrole nitrogens is 1. The van der Waals surface area contributed by atoms with Crippen molar-refractivity contribution in [1.82, 2.24) is 20.1 Å². The summed E-state index contributed by atoms with van der Waals surface area (Å²) < 4.78 is 16.4. The van der Waals surface area contributed by atoms with E-state index in [0.29, 0.717) is 68.5 Å². The summed E-state index contributed by atoms with van der Waals surface area (Å²) in [5.74, 6) is 1.62. The zero-order valence-electron chi connectivity index (χ0n) is 20.5. The van der Waals surface area contributed by atoms with Gasteiger partial charge in [0.2, 0.25) is 0 Å². The summed E-state index contributed by atoms with van der Waals surface area (Å²) in [6.07, 6.45) is 0.643. The number of likely N-dealkylation sites (N-methyl/N-ethyl adjacent to an activating group) is 1. The molecule has 0 saturated carbocycles. The second-order valence-electron chi connectivity index (χ2n) is 8.81. The molecule has 3 N–H and O–H groups in total. The highest BCUT2D eigenvalue weighted by molar-refractivity contribution is 6.35. The minimum atomic E-state index is 0.163. The Morgan fingerprint density at radius 1 is 1.03 bits per heavy atom. The van der Waals surface area contributed by atoms with Gasteiger partial charge in [0.1, 0.15) is 5.82 Å². The van der Waals surface area contributed by atoms with Crippen molar-refractivity contribution in [3.8, 4) is 11.4 Å². The summed E-state index contributed by atoms with van der Waals surface area (Å²) in [5, 5.41) is 8.84. The first-order valence-electron chi connectivity index (χ1n) is 12.2. The predicted octanol–water partition coefficient (Wildman–Crippen LogP) is 3.91. The van der Waals surface area contributed by atoms with Gasteiger partial charge < -0.3 is 24.8 Å². The lowest BCUT2D eigenvalue weighted by Gasteiger charge is -2.33. The van der Waals surface area contributed by atoms with Crippen molar-refractivity contribution in [3.05, 3.63) is 69.0 Å². The third-order valence-corrected chi connectivity index (χ3v) is 6.62. The van der Waals surface area contributed by atoms with Gasteiger partial charge in [0.25, 0.3) is 0 Å². The summed E-state index contributed by atoms with van der Waals surface area (Å²) in [7, 11) is 2.11. The number of aromatic nitrogens is 3. The molecule has 1 aromatic heterocycles. The number of aromatic amines is 1. The van der Waals surface area contributed by atoms with Crippen LogP contribution in [0.25, 0.3) is 11.4 Å². The van der Waals surface area contributed by atoms with Crippen LogP contribution in [0.5, 0.6) is 0 Å². The molecule has 0 saturated heterocycles. The standard InChI is InChI=1S/C26H33Cl2N5O3/c1-33-16-22(21-14-20(27)15-24(28)23(21)17-33)18-3-2-4-19(13-18)26-30-25(31-32-26)5-7-34-9-11-36-12-10-35-8-6-29/h2-4,13-15,22H,5-12,16-17,29H2,1H3,(H,30,31,32)/t22-/m0/s1. The van der Waals surface area contributed by atoms with Crippen LogP contribution in [0.15, 0.2) is 36.4 Å². The number of fused-ring (bicyclic) bond motifs is 1. The molecule has 0 bridgehead atoms. The number of halogens is 2. The smallest absolute Gasteiger partial charge is 0.181 e. The minimum Gasteiger partial charge on any atom is -0.379 e. The summed E-state index contributed by atoms with van der Waals surface area (Å²) in [6.45, 7) is 5.43. The van der Waals surface area contributed by atoms with E-state index < -0.39 is 0 Å². The lowest BCUT2D eigenvalue weighted by Crippen LogP contribution is -2.31. The van der Waals surface area contributed by atoms with Crippen LogP contribution in [0.1, 0.15) is 28.4 Å². The molecule has 1 aliphatic rings. The van der Waals surface area contributed by atoms with E-state index in [1.807, 2.05) is 24.3 Å². The Morgan fingerprint density at radius 3 is 2.56 bits per heavy atom. The number of ether oxygens (including phenoxy) is 3. The largest absolute Gasteiger partial charge is 0.379 e. The SMILES string of the molecule is CN1Cc2c(Cl)cc(Cl)cc2[C@H](c2cccc(-c3n[nH]c(CCOCCOCCOCCN)n3)c2)C1. The Balaban J connectivity index is 1.33. The van der Waals surface area contributed by atoms with Gasteiger partial charge in [0.15, 0.2) is 5.82 Å². The average molecular weight is 534 g/mol. The molecule has 10 heteroatoms. The van der Waals surface area contributed by atoms with Crippen molar-refractivity contribution in [2.24, 2.45) is 5.73 Å². The third kappa shape index (κ3) is 7.26. The lowest BCUT2D eigenvalue weighted by atomic mass is 9.84. The summed E-state index contributed by atoms with van der Waals surface area (Å²) in [5.41, 5.74) is 9.83. The second-order valence-corrected chi connectivity index (χ2v) is 9.66. The van der Waals surface area contributed by atoms with Gasteiger partial charge in [-0.1, -0.05) is 41.4 Å². The van der Waals surface area contributed by atoms with Gasteiger partial charge in [-0.2, -0.15) is 5.10 Å². The Kier molecular flexibility index (Phi) is 10.1. The van der Waals surface area contributed by atoms with Gasteiger partial charge in [-0.05, 0) is 41.9 Å². The number of benzene rings is 2. The Morgan fingerprint density at radius 2 is 1.78 bits per heavy atom. The molecule has 0 fully saturated rings. The zero-order chi connectivity index (χ0) is 25.3. The van der Waals surface area contributed by atoms with E-state index in [2.05, 4.69) is 39.3 Å².